The van der Waals surface area contributed by atoms with Crippen molar-refractivity contribution in [2.75, 3.05) is 43.4 Å². The Morgan fingerprint density at radius 2 is 1.98 bits per heavy atom. The Balaban J connectivity index is 0.00000155. The van der Waals surface area contributed by atoms with Gasteiger partial charge in [0, 0.05) is 18.5 Å². The number of aliphatic hydroxyl groups is 1. The second kappa shape index (κ2) is 11.6. The lowest BCUT2D eigenvalue weighted by molar-refractivity contribution is 0.111. The van der Waals surface area contributed by atoms with Crippen molar-refractivity contribution in [2.45, 2.75) is 70.6 Å². The van der Waals surface area contributed by atoms with Gasteiger partial charge in [-0.25, -0.2) is 9.37 Å². The van der Waals surface area contributed by atoms with Crippen molar-refractivity contribution in [1.29, 1.82) is 5.26 Å². The number of benzene rings is 1. The summed E-state index contributed by atoms with van der Waals surface area (Å²) < 4.78 is 23.4. The van der Waals surface area contributed by atoms with Crippen molar-refractivity contribution in [3.05, 3.63) is 35.4 Å². The summed E-state index contributed by atoms with van der Waals surface area (Å²) in [5.41, 5.74) is 8.30. The highest BCUT2D eigenvalue weighted by molar-refractivity contribution is 7.23. The minimum Gasteiger partial charge on any atom is -0.474 e. The third-order valence-electron chi connectivity index (χ3n) is 8.75. The lowest BCUT2D eigenvalue weighted by Crippen LogP contribution is -2.43. The van der Waals surface area contributed by atoms with Gasteiger partial charge >= 0.3 is 0 Å². The zero-order valence-corrected chi connectivity index (χ0v) is 25.0. The Kier molecular flexibility index (Phi) is 7.91. The Hall–Kier alpha value is -3.53. The Morgan fingerprint density at radius 1 is 1.19 bits per heavy atom. The maximum atomic E-state index is 14.6. The quantitative estimate of drug-likeness (QED) is 0.328. The number of rotatable bonds is 6. The molecule has 3 N–H and O–H groups in total. The van der Waals surface area contributed by atoms with Gasteiger partial charge in [0.25, 0.3) is 0 Å². The first kappa shape index (κ1) is 28.6. The average Bonchev–Trinajstić information content (AvgIpc) is 3.77. The molecular formula is C30H37FN8O2S. The van der Waals surface area contributed by atoms with Crippen LogP contribution in [0, 0.1) is 17.1 Å². The molecule has 222 valence electrons. The fourth-order valence-electron chi connectivity index (χ4n) is 6.75. The predicted octanol–water partition coefficient (Wildman–Crippen LogP) is 4.68. The van der Waals surface area contributed by atoms with E-state index < -0.39 is 11.9 Å². The van der Waals surface area contributed by atoms with Crippen LogP contribution in [0.4, 0.5) is 15.3 Å². The van der Waals surface area contributed by atoms with E-state index in [-0.39, 0.29) is 11.1 Å². The fraction of sp³-hybridized carbons (Fsp3) is 0.533. The molecule has 7 rings (SSSR count). The van der Waals surface area contributed by atoms with E-state index in [9.17, 15) is 14.8 Å². The standard InChI is InChI=1S/C28H31FN8O2S.C2H6/c29-20-6-5-17(21-19(12-30)24(31)40-23(20)21)13-36-16-32-22-25(36)33-27(35-9-1-4-18(38)14-35)34-26(22)39-15-28-7-2-10-37(28)11-3-8-28;1-2/h5-6,16,18,38H,1-4,7-11,13-15,31H2;1-2H3. The van der Waals surface area contributed by atoms with Crippen molar-refractivity contribution in [3.63, 3.8) is 0 Å². The topological polar surface area (TPSA) is 129 Å². The van der Waals surface area contributed by atoms with E-state index >= 15 is 0 Å². The number of aliphatic hydroxyl groups excluding tert-OH is 1. The van der Waals surface area contributed by atoms with E-state index in [2.05, 4.69) is 16.0 Å². The molecule has 0 spiro atoms. The molecule has 0 radical (unpaired) electrons. The number of hydrogen-bond acceptors (Lipinski definition) is 10. The number of piperidine rings is 1. The maximum absolute atomic E-state index is 14.6. The first-order valence-electron chi connectivity index (χ1n) is 14.9. The van der Waals surface area contributed by atoms with Crippen LogP contribution in [-0.4, -0.2) is 74.0 Å². The molecule has 1 atom stereocenters. The summed E-state index contributed by atoms with van der Waals surface area (Å²) in [7, 11) is 0. The summed E-state index contributed by atoms with van der Waals surface area (Å²) in [5.74, 6) is 0.536. The first-order chi connectivity index (χ1) is 20.5. The summed E-state index contributed by atoms with van der Waals surface area (Å²) in [4.78, 5) is 18.9. The largest absolute Gasteiger partial charge is 0.474 e. The van der Waals surface area contributed by atoms with Gasteiger partial charge in [-0.15, -0.1) is 11.3 Å². The molecule has 6 heterocycles. The number of anilines is 2. The fourth-order valence-corrected chi connectivity index (χ4v) is 7.72. The summed E-state index contributed by atoms with van der Waals surface area (Å²) in [6.07, 6.45) is 7.44. The van der Waals surface area contributed by atoms with Gasteiger partial charge in [0.05, 0.1) is 34.8 Å². The molecule has 3 aliphatic rings. The number of ether oxygens (including phenoxy) is 1. The van der Waals surface area contributed by atoms with Crippen LogP contribution in [0.15, 0.2) is 18.5 Å². The number of imidazole rings is 1. The summed E-state index contributed by atoms with van der Waals surface area (Å²) in [6, 6.07) is 5.24. The molecule has 3 aliphatic heterocycles. The number of nitriles is 1. The van der Waals surface area contributed by atoms with Crippen LogP contribution >= 0.6 is 11.3 Å². The van der Waals surface area contributed by atoms with Gasteiger partial charge in [-0.3, -0.25) is 4.90 Å². The number of nitrogens with zero attached hydrogens (tertiary/aromatic N) is 7. The normalized spacial score (nSPS) is 20.0. The number of thiophene rings is 1. The van der Waals surface area contributed by atoms with Crippen molar-refractivity contribution >= 4 is 43.5 Å². The van der Waals surface area contributed by atoms with E-state index in [1.165, 1.54) is 18.9 Å². The molecule has 3 aromatic heterocycles. The molecule has 1 aromatic carbocycles. The van der Waals surface area contributed by atoms with Gasteiger partial charge in [0.1, 0.15) is 23.5 Å². The van der Waals surface area contributed by atoms with Crippen LogP contribution in [0.1, 0.15) is 63.5 Å². The minimum atomic E-state index is -0.437. The van der Waals surface area contributed by atoms with Crippen LogP contribution in [0.5, 0.6) is 5.88 Å². The highest BCUT2D eigenvalue weighted by Gasteiger charge is 2.45. The molecular weight excluding hydrogens is 555 g/mol. The monoisotopic (exact) mass is 592 g/mol. The third-order valence-corrected chi connectivity index (χ3v) is 9.77. The van der Waals surface area contributed by atoms with Crippen LogP contribution in [0.3, 0.4) is 0 Å². The Bertz CT molecular complexity index is 1640. The first-order valence-corrected chi connectivity index (χ1v) is 15.7. The predicted molar refractivity (Wildman–Crippen MR) is 162 cm³/mol. The van der Waals surface area contributed by atoms with Crippen molar-refractivity contribution in [2.24, 2.45) is 0 Å². The van der Waals surface area contributed by atoms with Crippen LogP contribution < -0.4 is 15.4 Å². The molecule has 1 unspecified atom stereocenters. The van der Waals surface area contributed by atoms with Crippen LogP contribution in [0.2, 0.25) is 0 Å². The summed E-state index contributed by atoms with van der Waals surface area (Å²) in [6.45, 7) is 8.28. The lowest BCUT2D eigenvalue weighted by Gasteiger charge is -2.32. The summed E-state index contributed by atoms with van der Waals surface area (Å²) in [5, 5.41) is 20.9. The highest BCUT2D eigenvalue weighted by atomic mass is 32.1. The second-order valence-corrected chi connectivity index (χ2v) is 12.2. The molecule has 12 heteroatoms. The van der Waals surface area contributed by atoms with Gasteiger partial charge < -0.3 is 25.0 Å². The highest BCUT2D eigenvalue weighted by Crippen LogP contribution is 2.40. The number of nitrogen functional groups attached to an aromatic ring is 1. The average molecular weight is 593 g/mol. The number of fused-ring (bicyclic) bond motifs is 3. The molecule has 3 fully saturated rings. The van der Waals surface area contributed by atoms with E-state index in [4.69, 9.17) is 20.4 Å². The second-order valence-electron chi connectivity index (χ2n) is 11.2. The SMILES string of the molecule is CC.N#Cc1c(N)sc2c(F)ccc(Cn3cnc4c(OCC56CCCN5CCC6)nc(N5CCCC(O)C5)nc43)c12. The van der Waals surface area contributed by atoms with Crippen molar-refractivity contribution in [3.8, 4) is 11.9 Å². The number of β-amino-alcohol motifs (C(OH)–C–C–N with tert-alkyl or cyclic N) is 1. The molecule has 0 amide bonds. The van der Waals surface area contributed by atoms with E-state index in [0.29, 0.717) is 57.8 Å². The number of hydrogen-bond donors (Lipinski definition) is 2. The molecule has 0 aliphatic carbocycles. The zero-order valence-electron chi connectivity index (χ0n) is 24.1. The molecule has 3 saturated heterocycles. The Morgan fingerprint density at radius 3 is 2.71 bits per heavy atom. The van der Waals surface area contributed by atoms with Crippen molar-refractivity contribution < 1.29 is 14.2 Å². The minimum absolute atomic E-state index is 0.0492. The van der Waals surface area contributed by atoms with E-state index in [1.807, 2.05) is 23.3 Å². The smallest absolute Gasteiger partial charge is 0.247 e. The van der Waals surface area contributed by atoms with Gasteiger partial charge in [-0.2, -0.15) is 15.2 Å². The number of nitrogens with two attached hydrogens (primary N) is 1. The van der Waals surface area contributed by atoms with Gasteiger partial charge in [-0.05, 0) is 63.2 Å². The molecule has 4 aromatic rings. The van der Waals surface area contributed by atoms with E-state index in [1.54, 1.807) is 12.4 Å². The molecule has 10 nitrogen and oxygen atoms in total. The van der Waals surface area contributed by atoms with Gasteiger partial charge in [-0.1, -0.05) is 19.9 Å². The van der Waals surface area contributed by atoms with Gasteiger partial charge in [0.15, 0.2) is 11.2 Å². The molecule has 42 heavy (non-hydrogen) atoms. The van der Waals surface area contributed by atoms with Gasteiger partial charge in [0.2, 0.25) is 11.8 Å². The van der Waals surface area contributed by atoms with E-state index in [0.717, 1.165) is 62.2 Å². The number of aromatic nitrogens is 4. The molecule has 0 bridgehead atoms. The van der Waals surface area contributed by atoms with Crippen molar-refractivity contribution in [1.82, 2.24) is 24.4 Å². The summed E-state index contributed by atoms with van der Waals surface area (Å²) >= 11 is 1.09. The lowest BCUT2D eigenvalue weighted by atomic mass is 9.95. The maximum Gasteiger partial charge on any atom is 0.247 e. The Labute approximate surface area is 248 Å². The zero-order chi connectivity index (χ0) is 29.4. The van der Waals surface area contributed by atoms with Crippen LogP contribution in [0.25, 0.3) is 21.3 Å². The third kappa shape index (κ3) is 4.93. The number of halogens is 1. The van der Waals surface area contributed by atoms with Crippen LogP contribution in [-0.2, 0) is 6.54 Å². The molecule has 0 saturated carbocycles.